The van der Waals surface area contributed by atoms with Crippen molar-refractivity contribution in [2.24, 2.45) is 5.92 Å². The molecule has 1 fully saturated rings. The normalized spacial score (nSPS) is 17.1. The highest BCUT2D eigenvalue weighted by Gasteiger charge is 2.10. The summed E-state index contributed by atoms with van der Waals surface area (Å²) < 4.78 is 0. The number of rotatable bonds is 5. The van der Waals surface area contributed by atoms with E-state index in [0.29, 0.717) is 0 Å². The molecule has 1 aliphatic rings. The highest BCUT2D eigenvalue weighted by atomic mass is 16.2. The molecule has 0 aromatic rings. The van der Waals surface area contributed by atoms with Crippen LogP contribution in [-0.4, -0.2) is 12.2 Å². The molecule has 1 heteroatoms. The van der Waals surface area contributed by atoms with Crippen molar-refractivity contribution >= 4 is 0 Å². The molecule has 1 nitrogen and oxygen atoms in total. The fraction of sp³-hybridized carbons (Fsp3) is 0.846. The second-order valence-corrected chi connectivity index (χ2v) is 3.97. The molecular formula is C13H26O. The van der Waals surface area contributed by atoms with Gasteiger partial charge in [-0.05, 0) is 31.6 Å². The van der Waals surface area contributed by atoms with Gasteiger partial charge in [-0.2, -0.15) is 0 Å². The van der Waals surface area contributed by atoms with Gasteiger partial charge in [-0.3, -0.25) is 0 Å². The third-order valence-electron chi connectivity index (χ3n) is 2.78. The maximum atomic E-state index is 7.00. The highest BCUT2D eigenvalue weighted by Crippen LogP contribution is 2.25. The van der Waals surface area contributed by atoms with E-state index in [1.807, 2.05) is 0 Å². The minimum Gasteiger partial charge on any atom is -0.400 e. The molecule has 0 unspecified atom stereocenters. The predicted molar refractivity (Wildman–Crippen MR) is 63.4 cm³/mol. The Kier molecular flexibility index (Phi) is 10.5. The van der Waals surface area contributed by atoms with Crippen LogP contribution in [0.15, 0.2) is 12.2 Å². The Morgan fingerprint density at radius 1 is 1.14 bits per heavy atom. The molecule has 1 saturated carbocycles. The van der Waals surface area contributed by atoms with Crippen molar-refractivity contribution in [2.45, 2.75) is 58.3 Å². The minimum atomic E-state index is 0.937. The second kappa shape index (κ2) is 10.8. The van der Waals surface area contributed by atoms with Crippen molar-refractivity contribution in [1.29, 1.82) is 0 Å². The average molecular weight is 198 g/mol. The van der Waals surface area contributed by atoms with Crippen LogP contribution in [0.25, 0.3) is 0 Å². The quantitative estimate of drug-likeness (QED) is 0.524. The molecule has 0 aliphatic heterocycles. The molecule has 84 valence electrons. The Balaban J connectivity index is 0.000000791. The molecule has 0 saturated heterocycles. The smallest absolute Gasteiger partial charge is 0.0319 e. The lowest BCUT2D eigenvalue weighted by Gasteiger charge is -1.99. The van der Waals surface area contributed by atoms with E-state index in [4.69, 9.17) is 5.11 Å². The fourth-order valence-electron chi connectivity index (χ4n) is 1.95. The summed E-state index contributed by atoms with van der Waals surface area (Å²) in [5.74, 6) is 0.937. The SMILES string of the molecule is CCCCC/C=C/C1CCCC1.CO. The Bertz CT molecular complexity index is 123. The molecule has 1 aliphatic carbocycles. The third kappa shape index (κ3) is 7.14. The maximum Gasteiger partial charge on any atom is 0.0319 e. The van der Waals surface area contributed by atoms with Gasteiger partial charge in [0.05, 0.1) is 0 Å². The molecule has 14 heavy (non-hydrogen) atoms. The largest absolute Gasteiger partial charge is 0.400 e. The van der Waals surface area contributed by atoms with Gasteiger partial charge in [-0.25, -0.2) is 0 Å². The number of allylic oxidation sites excluding steroid dienone is 2. The lowest BCUT2D eigenvalue weighted by molar-refractivity contribution is 0.399. The molecule has 0 radical (unpaired) electrons. The van der Waals surface area contributed by atoms with Crippen LogP contribution in [0.2, 0.25) is 0 Å². The first-order valence-electron chi connectivity index (χ1n) is 6.05. The summed E-state index contributed by atoms with van der Waals surface area (Å²) in [5, 5.41) is 7.00. The van der Waals surface area contributed by atoms with E-state index in [-0.39, 0.29) is 0 Å². The molecule has 0 spiro atoms. The molecule has 0 atom stereocenters. The summed E-state index contributed by atoms with van der Waals surface area (Å²) in [5.41, 5.74) is 0. The maximum absolute atomic E-state index is 7.00. The topological polar surface area (TPSA) is 20.2 Å². The van der Waals surface area contributed by atoms with Gasteiger partial charge in [0.1, 0.15) is 0 Å². The summed E-state index contributed by atoms with van der Waals surface area (Å²) in [6.45, 7) is 2.26. The van der Waals surface area contributed by atoms with Crippen LogP contribution in [0.1, 0.15) is 58.3 Å². The van der Waals surface area contributed by atoms with E-state index in [9.17, 15) is 0 Å². The van der Waals surface area contributed by atoms with Crippen LogP contribution < -0.4 is 0 Å². The fourth-order valence-corrected chi connectivity index (χ4v) is 1.95. The Morgan fingerprint density at radius 2 is 1.79 bits per heavy atom. The molecule has 1 N–H and O–H groups in total. The molecule has 0 heterocycles. The Hall–Kier alpha value is -0.300. The number of unbranched alkanes of at least 4 members (excludes halogenated alkanes) is 3. The minimum absolute atomic E-state index is 0.937. The summed E-state index contributed by atoms with van der Waals surface area (Å²) in [6.07, 6.45) is 16.1. The van der Waals surface area contributed by atoms with Gasteiger partial charge >= 0.3 is 0 Å². The molecule has 0 aromatic heterocycles. The monoisotopic (exact) mass is 198 g/mol. The first-order valence-corrected chi connectivity index (χ1v) is 6.05. The zero-order valence-electron chi connectivity index (χ0n) is 9.84. The molecule has 0 amide bonds. The summed E-state index contributed by atoms with van der Waals surface area (Å²) >= 11 is 0. The van der Waals surface area contributed by atoms with Gasteiger partial charge in [0.25, 0.3) is 0 Å². The third-order valence-corrected chi connectivity index (χ3v) is 2.78. The van der Waals surface area contributed by atoms with Crippen LogP contribution in [0.4, 0.5) is 0 Å². The van der Waals surface area contributed by atoms with Crippen LogP contribution in [-0.2, 0) is 0 Å². The standard InChI is InChI=1S/C12H22.CH4O/c1-2-3-4-5-6-9-12-10-7-8-11-12;1-2/h6,9,12H,2-5,7-8,10-11H2,1H3;2H,1H3/b9-6+;. The lowest BCUT2D eigenvalue weighted by atomic mass is 10.1. The number of aliphatic hydroxyl groups excluding tert-OH is 1. The summed E-state index contributed by atoms with van der Waals surface area (Å²) in [6, 6.07) is 0. The Morgan fingerprint density at radius 3 is 2.36 bits per heavy atom. The molecule has 0 aromatic carbocycles. The second-order valence-electron chi connectivity index (χ2n) is 3.97. The highest BCUT2D eigenvalue weighted by molar-refractivity contribution is 4.90. The first-order chi connectivity index (χ1) is 6.93. The average Bonchev–Trinajstić information content (AvgIpc) is 2.74. The number of aliphatic hydroxyl groups is 1. The van der Waals surface area contributed by atoms with Gasteiger partial charge in [0, 0.05) is 7.11 Å². The van der Waals surface area contributed by atoms with Crippen molar-refractivity contribution < 1.29 is 5.11 Å². The van der Waals surface area contributed by atoms with Gasteiger partial charge in [-0.15, -0.1) is 0 Å². The lowest BCUT2D eigenvalue weighted by Crippen LogP contribution is -1.85. The molecule has 0 bridgehead atoms. The van der Waals surface area contributed by atoms with E-state index >= 15 is 0 Å². The van der Waals surface area contributed by atoms with Crippen molar-refractivity contribution in [3.63, 3.8) is 0 Å². The number of hydrogen-bond acceptors (Lipinski definition) is 1. The van der Waals surface area contributed by atoms with E-state index in [0.717, 1.165) is 13.0 Å². The molecule has 1 rings (SSSR count). The van der Waals surface area contributed by atoms with Crippen molar-refractivity contribution in [1.82, 2.24) is 0 Å². The van der Waals surface area contributed by atoms with Crippen molar-refractivity contribution in [2.75, 3.05) is 7.11 Å². The van der Waals surface area contributed by atoms with Crippen molar-refractivity contribution in [3.8, 4) is 0 Å². The van der Waals surface area contributed by atoms with Gasteiger partial charge < -0.3 is 5.11 Å². The van der Waals surface area contributed by atoms with Crippen LogP contribution in [0.3, 0.4) is 0 Å². The summed E-state index contributed by atoms with van der Waals surface area (Å²) in [4.78, 5) is 0. The molecular weight excluding hydrogens is 172 g/mol. The van der Waals surface area contributed by atoms with E-state index in [2.05, 4.69) is 19.1 Å². The zero-order chi connectivity index (χ0) is 10.6. The number of hydrogen-bond donors (Lipinski definition) is 1. The predicted octanol–water partition coefficient (Wildman–Crippen LogP) is 3.92. The first kappa shape index (κ1) is 13.7. The van der Waals surface area contributed by atoms with Crippen LogP contribution in [0, 0.1) is 5.92 Å². The van der Waals surface area contributed by atoms with Gasteiger partial charge in [-0.1, -0.05) is 44.8 Å². The zero-order valence-corrected chi connectivity index (χ0v) is 9.84. The van der Waals surface area contributed by atoms with E-state index in [1.54, 1.807) is 0 Å². The summed E-state index contributed by atoms with van der Waals surface area (Å²) in [7, 11) is 1.00. The Labute approximate surface area is 89.2 Å². The van der Waals surface area contributed by atoms with E-state index < -0.39 is 0 Å². The van der Waals surface area contributed by atoms with Gasteiger partial charge in [0.2, 0.25) is 0 Å². The van der Waals surface area contributed by atoms with Crippen LogP contribution >= 0.6 is 0 Å². The van der Waals surface area contributed by atoms with Crippen LogP contribution in [0.5, 0.6) is 0 Å². The van der Waals surface area contributed by atoms with Crippen molar-refractivity contribution in [3.05, 3.63) is 12.2 Å². The van der Waals surface area contributed by atoms with Gasteiger partial charge in [0.15, 0.2) is 0 Å². The van der Waals surface area contributed by atoms with E-state index in [1.165, 1.54) is 51.4 Å².